The first kappa shape index (κ1) is 18.9. The first-order valence-corrected chi connectivity index (χ1v) is 7.51. The van der Waals surface area contributed by atoms with E-state index in [4.69, 9.17) is 9.84 Å². The second-order valence-electron chi connectivity index (χ2n) is 5.15. The summed E-state index contributed by atoms with van der Waals surface area (Å²) < 4.78 is 31.1. The number of ether oxygens (including phenoxy) is 1. The van der Waals surface area contributed by atoms with Crippen molar-refractivity contribution in [2.75, 3.05) is 13.2 Å². The minimum Gasteiger partial charge on any atom is -0.491 e. The Balaban J connectivity index is 2.24. The van der Waals surface area contributed by atoms with Crippen molar-refractivity contribution in [3.05, 3.63) is 29.8 Å². The van der Waals surface area contributed by atoms with Crippen LogP contribution in [0.1, 0.15) is 32.6 Å². The molecule has 1 aromatic rings. The zero-order valence-electron chi connectivity index (χ0n) is 13.0. The molecule has 1 aromatic carbocycles. The van der Waals surface area contributed by atoms with Crippen LogP contribution in [0.25, 0.3) is 0 Å². The number of carboxylic acid groups (broad SMARTS) is 1. The van der Waals surface area contributed by atoms with Gasteiger partial charge in [-0.1, -0.05) is 13.3 Å². The SMILES string of the molecule is CCCC(CNC(=O)CCCOc1ccc(F)cc1F)C(=O)O. The molecule has 0 saturated carbocycles. The van der Waals surface area contributed by atoms with Gasteiger partial charge in [-0.2, -0.15) is 0 Å². The number of amides is 1. The van der Waals surface area contributed by atoms with Crippen LogP contribution in [0.3, 0.4) is 0 Å². The van der Waals surface area contributed by atoms with E-state index < -0.39 is 23.5 Å². The lowest BCUT2D eigenvalue weighted by atomic mass is 10.0. The predicted octanol–water partition coefficient (Wildman–Crippen LogP) is 2.74. The fourth-order valence-electron chi connectivity index (χ4n) is 1.99. The van der Waals surface area contributed by atoms with Crippen LogP contribution >= 0.6 is 0 Å². The number of aliphatic carboxylic acids is 1. The van der Waals surface area contributed by atoms with Gasteiger partial charge in [0.05, 0.1) is 12.5 Å². The van der Waals surface area contributed by atoms with Crippen molar-refractivity contribution in [2.45, 2.75) is 32.6 Å². The van der Waals surface area contributed by atoms with Gasteiger partial charge in [0.1, 0.15) is 5.82 Å². The van der Waals surface area contributed by atoms with Crippen LogP contribution in [0.2, 0.25) is 0 Å². The maximum atomic E-state index is 13.3. The average molecular weight is 329 g/mol. The number of carbonyl (C=O) groups is 2. The fourth-order valence-corrected chi connectivity index (χ4v) is 1.99. The number of rotatable bonds is 10. The number of hydrogen-bond donors (Lipinski definition) is 2. The van der Waals surface area contributed by atoms with E-state index in [1.54, 1.807) is 0 Å². The summed E-state index contributed by atoms with van der Waals surface area (Å²) in [5, 5.41) is 11.5. The molecule has 23 heavy (non-hydrogen) atoms. The first-order chi connectivity index (χ1) is 10.9. The van der Waals surface area contributed by atoms with Gasteiger partial charge >= 0.3 is 5.97 Å². The smallest absolute Gasteiger partial charge is 0.308 e. The van der Waals surface area contributed by atoms with Crippen molar-refractivity contribution in [2.24, 2.45) is 5.92 Å². The largest absolute Gasteiger partial charge is 0.491 e. The van der Waals surface area contributed by atoms with Crippen molar-refractivity contribution in [1.29, 1.82) is 0 Å². The van der Waals surface area contributed by atoms with Crippen LogP contribution in [-0.4, -0.2) is 30.1 Å². The van der Waals surface area contributed by atoms with E-state index in [-0.39, 0.29) is 31.2 Å². The minimum atomic E-state index is -0.928. The molecule has 1 atom stereocenters. The van der Waals surface area contributed by atoms with E-state index in [1.165, 1.54) is 6.07 Å². The fraction of sp³-hybridized carbons (Fsp3) is 0.500. The molecule has 0 aliphatic heterocycles. The van der Waals surface area contributed by atoms with Gasteiger partial charge in [0.25, 0.3) is 0 Å². The van der Waals surface area contributed by atoms with Crippen LogP contribution in [0.4, 0.5) is 8.78 Å². The Hall–Kier alpha value is -2.18. The molecule has 0 radical (unpaired) electrons. The number of nitrogens with one attached hydrogen (secondary N) is 1. The standard InChI is InChI=1S/C16H21F2NO4/c1-2-4-11(16(21)22)10-19-15(20)5-3-8-23-14-7-6-12(17)9-13(14)18/h6-7,9,11H,2-5,8,10H2,1H3,(H,19,20)(H,21,22). The highest BCUT2D eigenvalue weighted by atomic mass is 19.1. The van der Waals surface area contributed by atoms with Crippen LogP contribution in [0, 0.1) is 17.6 Å². The molecule has 0 heterocycles. The maximum absolute atomic E-state index is 13.3. The molecule has 1 unspecified atom stereocenters. The van der Waals surface area contributed by atoms with Crippen molar-refractivity contribution in [1.82, 2.24) is 5.32 Å². The average Bonchev–Trinajstić information content (AvgIpc) is 2.49. The summed E-state index contributed by atoms with van der Waals surface area (Å²) in [6.07, 6.45) is 1.71. The highest BCUT2D eigenvalue weighted by Gasteiger charge is 2.17. The van der Waals surface area contributed by atoms with Crippen molar-refractivity contribution in [3.63, 3.8) is 0 Å². The molecule has 0 saturated heterocycles. The van der Waals surface area contributed by atoms with Gasteiger partial charge in [0.2, 0.25) is 5.91 Å². The van der Waals surface area contributed by atoms with Crippen LogP contribution in [0.5, 0.6) is 5.75 Å². The van der Waals surface area contributed by atoms with Crippen LogP contribution in [-0.2, 0) is 9.59 Å². The van der Waals surface area contributed by atoms with E-state index in [2.05, 4.69) is 5.32 Å². The first-order valence-electron chi connectivity index (χ1n) is 7.51. The summed E-state index contributed by atoms with van der Waals surface area (Å²) in [5.41, 5.74) is 0. The second kappa shape index (κ2) is 9.76. The third-order valence-corrected chi connectivity index (χ3v) is 3.23. The summed E-state index contributed by atoms with van der Waals surface area (Å²) >= 11 is 0. The second-order valence-corrected chi connectivity index (χ2v) is 5.15. The van der Waals surface area contributed by atoms with E-state index in [0.29, 0.717) is 12.8 Å². The Bertz CT molecular complexity index is 537. The molecular weight excluding hydrogens is 308 g/mol. The van der Waals surface area contributed by atoms with Crippen molar-refractivity contribution < 1.29 is 28.2 Å². The molecule has 0 bridgehead atoms. The molecule has 7 heteroatoms. The Morgan fingerprint density at radius 3 is 2.70 bits per heavy atom. The third kappa shape index (κ3) is 7.08. The summed E-state index contributed by atoms with van der Waals surface area (Å²) in [4.78, 5) is 22.6. The number of benzene rings is 1. The zero-order valence-corrected chi connectivity index (χ0v) is 13.0. The molecule has 0 aromatic heterocycles. The molecule has 0 spiro atoms. The van der Waals surface area contributed by atoms with E-state index in [1.807, 2.05) is 6.92 Å². The van der Waals surface area contributed by atoms with Crippen LogP contribution in [0.15, 0.2) is 18.2 Å². The Kier molecular flexibility index (Phi) is 8.01. The Labute approximate surface area is 133 Å². The summed E-state index contributed by atoms with van der Waals surface area (Å²) in [6.45, 7) is 2.08. The molecule has 128 valence electrons. The number of carbonyl (C=O) groups excluding carboxylic acids is 1. The Morgan fingerprint density at radius 1 is 1.35 bits per heavy atom. The van der Waals surface area contributed by atoms with E-state index in [9.17, 15) is 18.4 Å². The van der Waals surface area contributed by atoms with Gasteiger partial charge < -0.3 is 15.2 Å². The molecule has 0 aliphatic rings. The molecule has 1 rings (SSSR count). The predicted molar refractivity (Wildman–Crippen MR) is 80.1 cm³/mol. The Morgan fingerprint density at radius 2 is 2.09 bits per heavy atom. The third-order valence-electron chi connectivity index (χ3n) is 3.23. The molecule has 1 amide bonds. The molecule has 2 N–H and O–H groups in total. The van der Waals surface area contributed by atoms with Crippen molar-refractivity contribution in [3.8, 4) is 5.75 Å². The van der Waals surface area contributed by atoms with Gasteiger partial charge in [-0.25, -0.2) is 8.78 Å². The lowest BCUT2D eigenvalue weighted by Crippen LogP contribution is -2.32. The summed E-state index contributed by atoms with van der Waals surface area (Å²) in [6, 6.07) is 3.00. The zero-order chi connectivity index (χ0) is 17.2. The topological polar surface area (TPSA) is 75.6 Å². The summed E-state index contributed by atoms with van der Waals surface area (Å²) in [5.74, 6) is -3.35. The highest BCUT2D eigenvalue weighted by molar-refractivity contribution is 5.77. The monoisotopic (exact) mass is 329 g/mol. The van der Waals surface area contributed by atoms with Crippen LogP contribution < -0.4 is 10.1 Å². The normalized spacial score (nSPS) is 11.8. The molecule has 5 nitrogen and oxygen atoms in total. The lowest BCUT2D eigenvalue weighted by molar-refractivity contribution is -0.141. The number of hydrogen-bond acceptors (Lipinski definition) is 3. The lowest BCUT2D eigenvalue weighted by Gasteiger charge is -2.12. The number of halogens is 2. The van der Waals surface area contributed by atoms with Gasteiger partial charge in [0, 0.05) is 19.0 Å². The van der Waals surface area contributed by atoms with Gasteiger partial charge in [-0.05, 0) is 25.0 Å². The van der Waals surface area contributed by atoms with Gasteiger partial charge in [0.15, 0.2) is 11.6 Å². The molecule has 0 fully saturated rings. The van der Waals surface area contributed by atoms with E-state index in [0.717, 1.165) is 18.6 Å². The van der Waals surface area contributed by atoms with E-state index >= 15 is 0 Å². The van der Waals surface area contributed by atoms with Gasteiger partial charge in [-0.15, -0.1) is 0 Å². The van der Waals surface area contributed by atoms with Crippen molar-refractivity contribution >= 4 is 11.9 Å². The quantitative estimate of drug-likeness (QED) is 0.647. The number of carboxylic acids is 1. The summed E-state index contributed by atoms with van der Waals surface area (Å²) in [7, 11) is 0. The molecule has 0 aliphatic carbocycles. The molecular formula is C16H21F2NO4. The van der Waals surface area contributed by atoms with Gasteiger partial charge in [-0.3, -0.25) is 9.59 Å². The minimum absolute atomic E-state index is 0.0688. The highest BCUT2D eigenvalue weighted by Crippen LogP contribution is 2.17. The maximum Gasteiger partial charge on any atom is 0.308 e.